The second kappa shape index (κ2) is 7.36. The summed E-state index contributed by atoms with van der Waals surface area (Å²) < 4.78 is 1.97. The maximum Gasteiger partial charge on any atom is 0.261 e. The maximum absolute atomic E-state index is 12.3. The van der Waals surface area contributed by atoms with Gasteiger partial charge in [-0.3, -0.25) is 19.0 Å². The number of carbonyl (C=O) groups is 2. The third kappa shape index (κ3) is 4.62. The molecule has 0 unspecified atom stereocenters. The van der Waals surface area contributed by atoms with Crippen molar-refractivity contribution >= 4 is 38.6 Å². The van der Waals surface area contributed by atoms with E-state index in [1.807, 2.05) is 13.8 Å². The fourth-order valence-electron chi connectivity index (χ4n) is 2.01. The number of fused-ring (bicyclic) bond motifs is 1. The minimum Gasteiger partial charge on any atom is -0.352 e. The summed E-state index contributed by atoms with van der Waals surface area (Å²) in [5.74, 6) is -0.705. The zero-order valence-corrected chi connectivity index (χ0v) is 14.4. The van der Waals surface area contributed by atoms with Crippen LogP contribution in [0.3, 0.4) is 0 Å². The first-order chi connectivity index (χ1) is 10.9. The molecule has 1 aromatic heterocycles. The van der Waals surface area contributed by atoms with Crippen molar-refractivity contribution in [2.45, 2.75) is 26.4 Å². The molecular formula is C15H17BrN4O3. The number of nitrogens with one attached hydrogen (secondary N) is 2. The van der Waals surface area contributed by atoms with Crippen molar-refractivity contribution in [3.05, 3.63) is 39.4 Å². The van der Waals surface area contributed by atoms with Crippen LogP contribution in [0.5, 0.6) is 0 Å². The Bertz CT molecular complexity index is 801. The van der Waals surface area contributed by atoms with E-state index in [1.54, 1.807) is 18.2 Å². The SMILES string of the molecule is CC(C)NC(=O)CNC(=O)Cn1cnc2ccc(Br)cc2c1=O. The summed E-state index contributed by atoms with van der Waals surface area (Å²) in [5, 5.41) is 5.56. The maximum atomic E-state index is 12.3. The Labute approximate surface area is 141 Å². The number of hydrogen-bond acceptors (Lipinski definition) is 4. The van der Waals surface area contributed by atoms with Gasteiger partial charge in [-0.25, -0.2) is 4.98 Å². The molecule has 0 atom stereocenters. The molecule has 1 aromatic carbocycles. The van der Waals surface area contributed by atoms with Crippen LogP contribution in [0.1, 0.15) is 13.8 Å². The van der Waals surface area contributed by atoms with Gasteiger partial charge < -0.3 is 10.6 Å². The minimum absolute atomic E-state index is 0.00477. The van der Waals surface area contributed by atoms with Gasteiger partial charge in [-0.15, -0.1) is 0 Å². The molecule has 122 valence electrons. The predicted octanol–water partition coefficient (Wildman–Crippen LogP) is 0.800. The monoisotopic (exact) mass is 380 g/mol. The molecule has 8 heteroatoms. The van der Waals surface area contributed by atoms with Crippen LogP contribution in [-0.4, -0.2) is 34.0 Å². The van der Waals surface area contributed by atoms with E-state index in [9.17, 15) is 14.4 Å². The van der Waals surface area contributed by atoms with E-state index in [2.05, 4.69) is 31.5 Å². The third-order valence-electron chi connectivity index (χ3n) is 3.00. The van der Waals surface area contributed by atoms with E-state index < -0.39 is 5.91 Å². The number of carbonyl (C=O) groups excluding carboxylic acids is 2. The van der Waals surface area contributed by atoms with Gasteiger partial charge in [0, 0.05) is 10.5 Å². The Morgan fingerprint density at radius 3 is 2.74 bits per heavy atom. The van der Waals surface area contributed by atoms with Crippen LogP contribution in [-0.2, 0) is 16.1 Å². The van der Waals surface area contributed by atoms with Crippen molar-refractivity contribution < 1.29 is 9.59 Å². The molecular weight excluding hydrogens is 364 g/mol. The Hall–Kier alpha value is -2.22. The average molecular weight is 381 g/mol. The number of rotatable bonds is 5. The van der Waals surface area contributed by atoms with Gasteiger partial charge in [-0.2, -0.15) is 0 Å². The highest BCUT2D eigenvalue weighted by Crippen LogP contribution is 2.14. The van der Waals surface area contributed by atoms with Crippen LogP contribution in [0.15, 0.2) is 33.8 Å². The molecule has 0 fully saturated rings. The van der Waals surface area contributed by atoms with Crippen LogP contribution in [0.2, 0.25) is 0 Å². The number of aromatic nitrogens is 2. The summed E-state index contributed by atoms with van der Waals surface area (Å²) >= 11 is 3.30. The molecule has 0 saturated carbocycles. The second-order valence-corrected chi connectivity index (χ2v) is 6.25. The number of benzene rings is 1. The molecule has 0 aliphatic heterocycles. The van der Waals surface area contributed by atoms with Gasteiger partial charge in [-0.1, -0.05) is 15.9 Å². The van der Waals surface area contributed by atoms with Gasteiger partial charge in [-0.05, 0) is 32.0 Å². The van der Waals surface area contributed by atoms with E-state index in [0.29, 0.717) is 10.9 Å². The Kier molecular flexibility index (Phi) is 5.49. The van der Waals surface area contributed by atoms with Gasteiger partial charge in [0.25, 0.3) is 5.56 Å². The standard InChI is InChI=1S/C15H17BrN4O3/c1-9(2)19-13(21)6-17-14(22)7-20-8-18-12-4-3-10(16)5-11(12)15(20)23/h3-5,8-9H,6-7H2,1-2H3,(H,17,22)(H,19,21). The number of amides is 2. The number of nitrogens with zero attached hydrogens (tertiary/aromatic N) is 2. The molecule has 2 amide bonds. The predicted molar refractivity (Wildman–Crippen MR) is 90.0 cm³/mol. The second-order valence-electron chi connectivity index (χ2n) is 5.34. The Morgan fingerprint density at radius 2 is 2.04 bits per heavy atom. The van der Waals surface area contributed by atoms with Crippen LogP contribution in [0.25, 0.3) is 10.9 Å². The summed E-state index contributed by atoms with van der Waals surface area (Å²) in [7, 11) is 0. The summed E-state index contributed by atoms with van der Waals surface area (Å²) in [6, 6.07) is 5.18. The first-order valence-electron chi connectivity index (χ1n) is 7.07. The molecule has 1 heterocycles. The van der Waals surface area contributed by atoms with Gasteiger partial charge >= 0.3 is 0 Å². The molecule has 0 radical (unpaired) electrons. The lowest BCUT2D eigenvalue weighted by Gasteiger charge is -2.10. The van der Waals surface area contributed by atoms with E-state index in [-0.39, 0.29) is 30.6 Å². The van der Waals surface area contributed by atoms with Crippen molar-refractivity contribution in [2.24, 2.45) is 0 Å². The first-order valence-corrected chi connectivity index (χ1v) is 7.87. The van der Waals surface area contributed by atoms with E-state index in [0.717, 1.165) is 4.47 Å². The minimum atomic E-state index is -0.429. The third-order valence-corrected chi connectivity index (χ3v) is 3.49. The van der Waals surface area contributed by atoms with Crippen molar-refractivity contribution in [3.63, 3.8) is 0 Å². The lowest BCUT2D eigenvalue weighted by atomic mass is 10.2. The number of halogens is 1. The zero-order chi connectivity index (χ0) is 17.0. The molecule has 0 bridgehead atoms. The molecule has 0 spiro atoms. The fraction of sp³-hybridized carbons (Fsp3) is 0.333. The molecule has 0 saturated heterocycles. The first kappa shape index (κ1) is 17.1. The van der Waals surface area contributed by atoms with Gasteiger partial charge in [0.05, 0.1) is 23.8 Å². The zero-order valence-electron chi connectivity index (χ0n) is 12.8. The van der Waals surface area contributed by atoms with Crippen LogP contribution in [0.4, 0.5) is 0 Å². The van der Waals surface area contributed by atoms with Crippen LogP contribution >= 0.6 is 15.9 Å². The molecule has 2 aromatic rings. The van der Waals surface area contributed by atoms with Crippen LogP contribution < -0.4 is 16.2 Å². The Morgan fingerprint density at radius 1 is 1.30 bits per heavy atom. The largest absolute Gasteiger partial charge is 0.352 e. The summed E-state index contributed by atoms with van der Waals surface area (Å²) in [4.78, 5) is 39.8. The quantitative estimate of drug-likeness (QED) is 0.802. The highest BCUT2D eigenvalue weighted by atomic mass is 79.9. The highest BCUT2D eigenvalue weighted by molar-refractivity contribution is 9.10. The summed E-state index contributed by atoms with van der Waals surface area (Å²) in [5.41, 5.74) is 0.254. The smallest absolute Gasteiger partial charge is 0.261 e. The highest BCUT2D eigenvalue weighted by Gasteiger charge is 2.10. The van der Waals surface area contributed by atoms with Crippen molar-refractivity contribution in [1.82, 2.24) is 20.2 Å². The average Bonchev–Trinajstić information content (AvgIpc) is 2.48. The van der Waals surface area contributed by atoms with E-state index >= 15 is 0 Å². The molecule has 2 N–H and O–H groups in total. The topological polar surface area (TPSA) is 93.1 Å². The van der Waals surface area contributed by atoms with Crippen molar-refractivity contribution in [3.8, 4) is 0 Å². The van der Waals surface area contributed by atoms with Crippen molar-refractivity contribution in [1.29, 1.82) is 0 Å². The van der Waals surface area contributed by atoms with Crippen molar-refractivity contribution in [2.75, 3.05) is 6.54 Å². The Balaban J connectivity index is 2.07. The molecule has 7 nitrogen and oxygen atoms in total. The van der Waals surface area contributed by atoms with Crippen LogP contribution in [0, 0.1) is 0 Å². The van der Waals surface area contributed by atoms with E-state index in [4.69, 9.17) is 0 Å². The lowest BCUT2D eigenvalue weighted by molar-refractivity contribution is -0.126. The molecule has 0 aliphatic rings. The number of hydrogen-bond donors (Lipinski definition) is 2. The molecule has 2 rings (SSSR count). The molecule has 23 heavy (non-hydrogen) atoms. The van der Waals surface area contributed by atoms with Gasteiger partial charge in [0.1, 0.15) is 6.54 Å². The molecule has 0 aliphatic carbocycles. The lowest BCUT2D eigenvalue weighted by Crippen LogP contribution is -2.41. The summed E-state index contributed by atoms with van der Waals surface area (Å²) in [6.07, 6.45) is 1.33. The van der Waals surface area contributed by atoms with E-state index in [1.165, 1.54) is 10.9 Å². The summed E-state index contributed by atoms with van der Waals surface area (Å²) in [6.45, 7) is 3.35. The van der Waals surface area contributed by atoms with Gasteiger partial charge in [0.15, 0.2) is 0 Å². The van der Waals surface area contributed by atoms with Gasteiger partial charge in [0.2, 0.25) is 11.8 Å². The normalized spacial score (nSPS) is 10.8. The fourth-order valence-corrected chi connectivity index (χ4v) is 2.37.